The van der Waals surface area contributed by atoms with Crippen LogP contribution >= 0.6 is 11.3 Å². The summed E-state index contributed by atoms with van der Waals surface area (Å²) < 4.78 is 1.39. The first kappa shape index (κ1) is 12.6. The summed E-state index contributed by atoms with van der Waals surface area (Å²) in [5.41, 5.74) is 6.95. The Labute approximate surface area is 107 Å². The van der Waals surface area contributed by atoms with Crippen molar-refractivity contribution in [3.63, 3.8) is 0 Å². The van der Waals surface area contributed by atoms with Gasteiger partial charge >= 0.3 is 0 Å². The Morgan fingerprint density at radius 3 is 2.88 bits per heavy atom. The van der Waals surface area contributed by atoms with Gasteiger partial charge in [0.2, 0.25) is 0 Å². The molecule has 2 nitrogen and oxygen atoms in total. The molecule has 0 spiro atoms. The molecule has 1 aromatic heterocycles. The predicted octanol–water partition coefficient (Wildman–Crippen LogP) is 3.07. The first-order valence-electron chi connectivity index (χ1n) is 6.15. The third kappa shape index (κ3) is 3.28. The Bertz CT molecular complexity index is 464. The van der Waals surface area contributed by atoms with E-state index >= 15 is 0 Å². The summed E-state index contributed by atoms with van der Waals surface area (Å²) in [7, 11) is 2.18. The Kier molecular flexibility index (Phi) is 4.54. The van der Waals surface area contributed by atoms with Crippen molar-refractivity contribution in [1.29, 1.82) is 0 Å². The highest BCUT2D eigenvalue weighted by Gasteiger charge is 2.05. The summed E-state index contributed by atoms with van der Waals surface area (Å²) in [4.78, 5) is 2.38. The van der Waals surface area contributed by atoms with Crippen LogP contribution in [-0.4, -0.2) is 25.0 Å². The van der Waals surface area contributed by atoms with Gasteiger partial charge in [-0.3, -0.25) is 0 Å². The number of fused-ring (bicyclic) bond motifs is 1. The number of nitrogens with zero attached hydrogens (tertiary/aromatic N) is 1. The minimum Gasteiger partial charge on any atom is -0.330 e. The fraction of sp³-hybridized carbons (Fsp3) is 0.429. The van der Waals surface area contributed by atoms with Gasteiger partial charge in [0.1, 0.15) is 0 Å². The van der Waals surface area contributed by atoms with Crippen molar-refractivity contribution in [2.75, 3.05) is 20.1 Å². The molecular formula is C14H20N2S. The van der Waals surface area contributed by atoms with Crippen molar-refractivity contribution in [2.45, 2.75) is 19.4 Å². The standard InChI is InChI=1S/C14H20N2S/c1-16(9-5-4-8-15)10-12-11-17-14-7-3-2-6-13(12)14/h2-3,6-7,11H,4-5,8-10,15H2,1H3. The van der Waals surface area contributed by atoms with Gasteiger partial charge < -0.3 is 10.6 Å². The molecule has 0 radical (unpaired) electrons. The van der Waals surface area contributed by atoms with Crippen LogP contribution in [0.5, 0.6) is 0 Å². The van der Waals surface area contributed by atoms with E-state index in [1.807, 2.05) is 11.3 Å². The molecule has 0 unspecified atom stereocenters. The molecule has 0 aliphatic heterocycles. The molecule has 0 aliphatic carbocycles. The zero-order valence-electron chi connectivity index (χ0n) is 10.4. The van der Waals surface area contributed by atoms with Crippen LogP contribution in [0.1, 0.15) is 18.4 Å². The SMILES string of the molecule is CN(CCCCN)Cc1csc2ccccc12. The highest BCUT2D eigenvalue weighted by atomic mass is 32.1. The Morgan fingerprint density at radius 2 is 2.06 bits per heavy atom. The Morgan fingerprint density at radius 1 is 1.24 bits per heavy atom. The lowest BCUT2D eigenvalue weighted by Gasteiger charge is -2.15. The molecule has 92 valence electrons. The van der Waals surface area contributed by atoms with Gasteiger partial charge in [-0.15, -0.1) is 11.3 Å². The van der Waals surface area contributed by atoms with Gasteiger partial charge in [-0.05, 0) is 55.4 Å². The van der Waals surface area contributed by atoms with Gasteiger partial charge in [0.15, 0.2) is 0 Å². The van der Waals surface area contributed by atoms with E-state index in [9.17, 15) is 0 Å². The van der Waals surface area contributed by atoms with Crippen molar-refractivity contribution >= 4 is 21.4 Å². The topological polar surface area (TPSA) is 29.3 Å². The molecule has 0 saturated carbocycles. The summed E-state index contributed by atoms with van der Waals surface area (Å²) >= 11 is 1.84. The Hall–Kier alpha value is -0.900. The summed E-state index contributed by atoms with van der Waals surface area (Å²) in [5, 5.41) is 3.69. The van der Waals surface area contributed by atoms with Gasteiger partial charge in [0, 0.05) is 11.2 Å². The lowest BCUT2D eigenvalue weighted by Crippen LogP contribution is -2.19. The van der Waals surface area contributed by atoms with Gasteiger partial charge in [0.05, 0.1) is 0 Å². The minimum atomic E-state index is 0.801. The average Bonchev–Trinajstić information content (AvgIpc) is 2.73. The largest absolute Gasteiger partial charge is 0.330 e. The molecule has 2 rings (SSSR count). The van der Waals surface area contributed by atoms with E-state index in [1.54, 1.807) is 0 Å². The summed E-state index contributed by atoms with van der Waals surface area (Å²) in [5.74, 6) is 0. The van der Waals surface area contributed by atoms with Gasteiger partial charge in [-0.1, -0.05) is 18.2 Å². The van der Waals surface area contributed by atoms with E-state index in [2.05, 4.69) is 41.6 Å². The monoisotopic (exact) mass is 248 g/mol. The van der Waals surface area contributed by atoms with Crippen LogP contribution in [0.4, 0.5) is 0 Å². The van der Waals surface area contributed by atoms with E-state index in [0.717, 1.165) is 26.1 Å². The number of thiophene rings is 1. The zero-order valence-corrected chi connectivity index (χ0v) is 11.2. The Balaban J connectivity index is 1.98. The molecule has 2 N–H and O–H groups in total. The summed E-state index contributed by atoms with van der Waals surface area (Å²) in [6, 6.07) is 8.63. The lowest BCUT2D eigenvalue weighted by atomic mass is 10.1. The number of unbranched alkanes of at least 4 members (excludes halogenated alkanes) is 1. The molecule has 0 fully saturated rings. The highest BCUT2D eigenvalue weighted by Crippen LogP contribution is 2.26. The molecule has 0 amide bonds. The average molecular weight is 248 g/mol. The summed E-state index contributed by atoms with van der Waals surface area (Å²) in [6.07, 6.45) is 2.31. The quantitative estimate of drug-likeness (QED) is 0.796. The molecule has 2 aromatic rings. The number of benzene rings is 1. The van der Waals surface area contributed by atoms with E-state index < -0.39 is 0 Å². The maximum atomic E-state index is 5.51. The van der Waals surface area contributed by atoms with Gasteiger partial charge in [0.25, 0.3) is 0 Å². The second-order valence-corrected chi connectivity index (χ2v) is 5.40. The van der Waals surface area contributed by atoms with E-state index in [1.165, 1.54) is 22.1 Å². The normalized spacial score (nSPS) is 11.5. The molecule has 0 bridgehead atoms. The van der Waals surface area contributed by atoms with Crippen molar-refractivity contribution in [3.8, 4) is 0 Å². The molecular weight excluding hydrogens is 228 g/mol. The number of hydrogen-bond donors (Lipinski definition) is 1. The summed E-state index contributed by atoms with van der Waals surface area (Å²) in [6.45, 7) is 2.96. The van der Waals surface area contributed by atoms with Crippen molar-refractivity contribution in [2.24, 2.45) is 5.73 Å². The fourth-order valence-electron chi connectivity index (χ4n) is 2.05. The van der Waals surface area contributed by atoms with Crippen molar-refractivity contribution < 1.29 is 0 Å². The third-order valence-corrected chi connectivity index (χ3v) is 4.01. The van der Waals surface area contributed by atoms with Crippen LogP contribution in [0.15, 0.2) is 29.6 Å². The molecule has 0 aliphatic rings. The van der Waals surface area contributed by atoms with Crippen LogP contribution in [-0.2, 0) is 6.54 Å². The van der Waals surface area contributed by atoms with Crippen LogP contribution in [0, 0.1) is 0 Å². The number of rotatable bonds is 6. The maximum absolute atomic E-state index is 5.51. The zero-order chi connectivity index (χ0) is 12.1. The van der Waals surface area contributed by atoms with Crippen LogP contribution < -0.4 is 5.73 Å². The molecule has 17 heavy (non-hydrogen) atoms. The van der Waals surface area contributed by atoms with Crippen LogP contribution in [0.2, 0.25) is 0 Å². The highest BCUT2D eigenvalue weighted by molar-refractivity contribution is 7.17. The second kappa shape index (κ2) is 6.15. The maximum Gasteiger partial charge on any atom is 0.0346 e. The predicted molar refractivity (Wildman–Crippen MR) is 76.4 cm³/mol. The molecule has 0 saturated heterocycles. The van der Waals surface area contributed by atoms with E-state index in [-0.39, 0.29) is 0 Å². The van der Waals surface area contributed by atoms with Gasteiger partial charge in [-0.2, -0.15) is 0 Å². The first-order valence-corrected chi connectivity index (χ1v) is 7.03. The smallest absolute Gasteiger partial charge is 0.0346 e. The van der Waals surface area contributed by atoms with Crippen LogP contribution in [0.3, 0.4) is 0 Å². The van der Waals surface area contributed by atoms with Gasteiger partial charge in [-0.25, -0.2) is 0 Å². The molecule has 1 heterocycles. The van der Waals surface area contributed by atoms with E-state index in [4.69, 9.17) is 5.73 Å². The fourth-order valence-corrected chi connectivity index (χ4v) is 3.01. The molecule has 3 heteroatoms. The molecule has 0 atom stereocenters. The molecule has 1 aromatic carbocycles. The van der Waals surface area contributed by atoms with Crippen molar-refractivity contribution in [3.05, 3.63) is 35.2 Å². The third-order valence-electron chi connectivity index (χ3n) is 3.00. The number of hydrogen-bond acceptors (Lipinski definition) is 3. The van der Waals surface area contributed by atoms with Crippen molar-refractivity contribution in [1.82, 2.24) is 4.90 Å². The number of nitrogens with two attached hydrogens (primary N) is 1. The lowest BCUT2D eigenvalue weighted by molar-refractivity contribution is 0.321. The van der Waals surface area contributed by atoms with Crippen LogP contribution in [0.25, 0.3) is 10.1 Å². The second-order valence-electron chi connectivity index (χ2n) is 4.49. The first-order chi connectivity index (χ1) is 8.31. The minimum absolute atomic E-state index is 0.801. The van der Waals surface area contributed by atoms with E-state index in [0.29, 0.717) is 0 Å².